The molecular formula is C29H32F2N2O3S. The first kappa shape index (κ1) is 26.9. The van der Waals surface area contributed by atoms with E-state index in [0.717, 1.165) is 54.5 Å². The number of sulfonamides is 1. The fourth-order valence-electron chi connectivity index (χ4n) is 5.30. The minimum absolute atomic E-state index is 0.0414. The van der Waals surface area contributed by atoms with Gasteiger partial charge < -0.3 is 5.73 Å². The fraction of sp³-hybridized carbons (Fsp3) is 0.345. The molecule has 3 aromatic rings. The van der Waals surface area contributed by atoms with Gasteiger partial charge in [-0.3, -0.25) is 4.79 Å². The molecule has 0 aromatic heterocycles. The van der Waals surface area contributed by atoms with E-state index < -0.39 is 26.6 Å². The highest BCUT2D eigenvalue weighted by molar-refractivity contribution is 7.89. The van der Waals surface area contributed by atoms with Crippen LogP contribution in [0.5, 0.6) is 0 Å². The van der Waals surface area contributed by atoms with Crippen LogP contribution in [0.2, 0.25) is 0 Å². The van der Waals surface area contributed by atoms with E-state index in [1.165, 1.54) is 4.31 Å². The van der Waals surface area contributed by atoms with Crippen LogP contribution < -0.4 is 5.73 Å². The molecule has 8 heteroatoms. The van der Waals surface area contributed by atoms with Gasteiger partial charge in [-0.25, -0.2) is 17.2 Å². The second kappa shape index (κ2) is 11.5. The highest BCUT2D eigenvalue weighted by atomic mass is 32.2. The Labute approximate surface area is 217 Å². The zero-order valence-corrected chi connectivity index (χ0v) is 21.6. The molecule has 5 nitrogen and oxygen atoms in total. The van der Waals surface area contributed by atoms with Gasteiger partial charge in [0, 0.05) is 19.2 Å². The Bertz CT molecular complexity index is 1300. The van der Waals surface area contributed by atoms with Crippen LogP contribution in [0.25, 0.3) is 0 Å². The van der Waals surface area contributed by atoms with Crippen LogP contribution in [0, 0.1) is 30.4 Å². The van der Waals surface area contributed by atoms with Crippen molar-refractivity contribution in [3.63, 3.8) is 0 Å². The van der Waals surface area contributed by atoms with E-state index >= 15 is 0 Å². The quantitative estimate of drug-likeness (QED) is 0.398. The Morgan fingerprint density at radius 1 is 0.946 bits per heavy atom. The van der Waals surface area contributed by atoms with E-state index in [0.29, 0.717) is 6.07 Å². The number of amides is 1. The molecule has 0 radical (unpaired) electrons. The summed E-state index contributed by atoms with van der Waals surface area (Å²) in [6.45, 7) is 2.30. The van der Waals surface area contributed by atoms with Gasteiger partial charge in [0.2, 0.25) is 15.9 Å². The van der Waals surface area contributed by atoms with Crippen molar-refractivity contribution in [1.29, 1.82) is 0 Å². The smallest absolute Gasteiger partial charge is 0.243 e. The van der Waals surface area contributed by atoms with E-state index in [2.05, 4.69) is 0 Å². The summed E-state index contributed by atoms with van der Waals surface area (Å²) in [5.74, 6) is -2.50. The van der Waals surface area contributed by atoms with Gasteiger partial charge >= 0.3 is 0 Å². The van der Waals surface area contributed by atoms with Gasteiger partial charge in [0.05, 0.1) is 10.8 Å². The molecule has 1 saturated carbocycles. The number of hydrogen-bond acceptors (Lipinski definition) is 3. The number of carbonyl (C=O) groups is 1. The molecule has 196 valence electrons. The topological polar surface area (TPSA) is 80.5 Å². The number of hydrogen-bond donors (Lipinski definition) is 1. The lowest BCUT2D eigenvalue weighted by Gasteiger charge is -2.35. The summed E-state index contributed by atoms with van der Waals surface area (Å²) in [4.78, 5) is 12.0. The van der Waals surface area contributed by atoms with Crippen molar-refractivity contribution >= 4 is 15.9 Å². The first-order valence-corrected chi connectivity index (χ1v) is 13.9. The maximum absolute atomic E-state index is 13.9. The number of rotatable bonds is 9. The maximum atomic E-state index is 13.9. The van der Waals surface area contributed by atoms with E-state index in [4.69, 9.17) is 5.73 Å². The molecule has 1 atom stereocenters. The minimum atomic E-state index is -4.15. The molecule has 1 aliphatic rings. The lowest BCUT2D eigenvalue weighted by Crippen LogP contribution is -2.37. The Morgan fingerprint density at radius 2 is 1.54 bits per heavy atom. The molecule has 0 bridgehead atoms. The molecule has 1 unspecified atom stereocenters. The van der Waals surface area contributed by atoms with Crippen molar-refractivity contribution in [2.75, 3.05) is 6.54 Å². The third kappa shape index (κ3) is 6.62. The minimum Gasteiger partial charge on any atom is -0.369 e. The van der Waals surface area contributed by atoms with Gasteiger partial charge in [-0.15, -0.1) is 0 Å². The van der Waals surface area contributed by atoms with Crippen molar-refractivity contribution in [3.8, 4) is 0 Å². The number of benzene rings is 3. The summed E-state index contributed by atoms with van der Waals surface area (Å²) < 4.78 is 56.1. The van der Waals surface area contributed by atoms with Crippen LogP contribution in [0.4, 0.5) is 8.78 Å². The lowest BCUT2D eigenvalue weighted by molar-refractivity contribution is -0.121. The van der Waals surface area contributed by atoms with Gasteiger partial charge in [-0.2, -0.15) is 4.31 Å². The molecule has 3 aromatic carbocycles. The highest BCUT2D eigenvalue weighted by Crippen LogP contribution is 2.39. The molecule has 0 aliphatic heterocycles. The van der Waals surface area contributed by atoms with Gasteiger partial charge in [0.25, 0.3) is 0 Å². The number of aryl methyl sites for hydroxylation is 1. The van der Waals surface area contributed by atoms with E-state index in [-0.39, 0.29) is 36.8 Å². The average Bonchev–Trinajstić information content (AvgIpc) is 2.86. The Hall–Kier alpha value is -3.10. The molecule has 1 fully saturated rings. The maximum Gasteiger partial charge on any atom is 0.243 e. The van der Waals surface area contributed by atoms with Crippen LogP contribution >= 0.6 is 0 Å². The number of nitrogens with zero attached hydrogens (tertiary/aromatic N) is 1. The number of primary amides is 1. The SMILES string of the molecule is Cc1ccc(C(C(N)=O)C2CCC(CN(Cc3ccccc3)S(=O)(=O)c3cc(F)cc(F)c3)CC2)cc1. The number of carbonyl (C=O) groups excluding carboxylic acids is 1. The molecule has 37 heavy (non-hydrogen) atoms. The molecule has 1 aliphatic carbocycles. The van der Waals surface area contributed by atoms with E-state index in [1.807, 2.05) is 61.5 Å². The van der Waals surface area contributed by atoms with E-state index in [1.54, 1.807) is 0 Å². The highest BCUT2D eigenvalue weighted by Gasteiger charge is 2.34. The van der Waals surface area contributed by atoms with Crippen molar-refractivity contribution < 1.29 is 22.0 Å². The molecule has 4 rings (SSSR count). The Kier molecular flexibility index (Phi) is 8.39. The summed E-state index contributed by atoms with van der Waals surface area (Å²) in [6, 6.07) is 19.3. The predicted octanol–water partition coefficient (Wildman–Crippen LogP) is 5.54. The summed E-state index contributed by atoms with van der Waals surface area (Å²) in [5, 5.41) is 0. The van der Waals surface area contributed by atoms with Crippen LogP contribution in [0.3, 0.4) is 0 Å². The zero-order valence-electron chi connectivity index (χ0n) is 20.8. The van der Waals surface area contributed by atoms with Crippen molar-refractivity contribution in [1.82, 2.24) is 4.31 Å². The first-order chi connectivity index (χ1) is 17.6. The summed E-state index contributed by atoms with van der Waals surface area (Å²) in [5.41, 5.74) is 8.59. The lowest BCUT2D eigenvalue weighted by atomic mass is 9.73. The van der Waals surface area contributed by atoms with Gasteiger partial charge in [-0.1, -0.05) is 60.2 Å². The van der Waals surface area contributed by atoms with Crippen LogP contribution in [0.1, 0.15) is 48.3 Å². The third-order valence-corrected chi connectivity index (χ3v) is 9.03. The van der Waals surface area contributed by atoms with Crippen LogP contribution in [-0.2, 0) is 21.4 Å². The van der Waals surface area contributed by atoms with Crippen molar-refractivity contribution in [3.05, 3.63) is 101 Å². The normalized spacial score (nSPS) is 19.0. The monoisotopic (exact) mass is 526 g/mol. The molecule has 0 spiro atoms. The molecule has 1 amide bonds. The molecule has 0 saturated heterocycles. The van der Waals surface area contributed by atoms with Crippen LogP contribution in [-0.4, -0.2) is 25.2 Å². The van der Waals surface area contributed by atoms with Gasteiger partial charge in [-0.05, 0) is 67.7 Å². The van der Waals surface area contributed by atoms with E-state index in [9.17, 15) is 22.0 Å². The average molecular weight is 527 g/mol. The fourth-order valence-corrected chi connectivity index (χ4v) is 6.84. The predicted molar refractivity (Wildman–Crippen MR) is 139 cm³/mol. The molecular weight excluding hydrogens is 494 g/mol. The van der Waals surface area contributed by atoms with Gasteiger partial charge in [0.15, 0.2) is 0 Å². The second-order valence-corrected chi connectivity index (χ2v) is 11.9. The largest absolute Gasteiger partial charge is 0.369 e. The second-order valence-electron chi connectivity index (χ2n) is 9.96. The summed E-state index contributed by atoms with van der Waals surface area (Å²) in [6.07, 6.45) is 2.91. The number of nitrogens with two attached hydrogens (primary N) is 1. The van der Waals surface area contributed by atoms with Crippen LogP contribution in [0.15, 0.2) is 77.7 Å². The summed E-state index contributed by atoms with van der Waals surface area (Å²) >= 11 is 0. The van der Waals surface area contributed by atoms with Crippen molar-refractivity contribution in [2.24, 2.45) is 17.6 Å². The van der Waals surface area contributed by atoms with Crippen molar-refractivity contribution in [2.45, 2.75) is 50.0 Å². The van der Waals surface area contributed by atoms with Gasteiger partial charge in [0.1, 0.15) is 11.6 Å². The Morgan fingerprint density at radius 3 is 2.11 bits per heavy atom. The molecule has 2 N–H and O–H groups in total. The first-order valence-electron chi connectivity index (χ1n) is 12.5. The third-order valence-electron chi connectivity index (χ3n) is 7.24. The standard InChI is InChI=1S/C29H32F2N2O3S/c1-20-7-11-23(12-8-20)28(29(32)34)24-13-9-22(10-14-24)19-33(18-21-5-3-2-4-6-21)37(35,36)27-16-25(30)15-26(31)17-27/h2-8,11-12,15-17,22,24,28H,9-10,13-14,18-19H2,1H3,(H2,32,34). The Balaban J connectivity index is 1.52. The molecule has 0 heterocycles. The number of halogens is 2. The zero-order chi connectivity index (χ0) is 26.6. The summed E-state index contributed by atoms with van der Waals surface area (Å²) in [7, 11) is -4.15.